The fraction of sp³-hybridized carbons (Fsp3) is 0.200. The molecule has 1 aromatic carbocycles. The summed E-state index contributed by atoms with van der Waals surface area (Å²) < 4.78 is 0. The van der Waals surface area contributed by atoms with Crippen molar-refractivity contribution in [3.05, 3.63) is 59.5 Å². The zero-order valence-corrected chi connectivity index (χ0v) is 10.4. The number of benzene rings is 1. The number of H-pyrrole nitrogens is 1. The Morgan fingerprint density at radius 1 is 1.06 bits per heavy atom. The minimum Gasteiger partial charge on any atom is -0.341 e. The molecule has 18 heavy (non-hydrogen) atoms. The van der Waals surface area contributed by atoms with Crippen LogP contribution in [0.1, 0.15) is 17.0 Å². The Hall–Kier alpha value is -2.16. The van der Waals surface area contributed by atoms with Crippen molar-refractivity contribution in [3.63, 3.8) is 0 Å². The van der Waals surface area contributed by atoms with Gasteiger partial charge in [0.05, 0.1) is 5.52 Å². The maximum atomic E-state index is 4.48. The summed E-state index contributed by atoms with van der Waals surface area (Å²) in [5.74, 6) is 1.00. The summed E-state index contributed by atoms with van der Waals surface area (Å²) >= 11 is 0. The van der Waals surface area contributed by atoms with Crippen LogP contribution >= 0.6 is 0 Å². The molecule has 0 atom stereocenters. The number of aromatic amines is 1. The average molecular weight is 237 g/mol. The van der Waals surface area contributed by atoms with Gasteiger partial charge in [-0.2, -0.15) is 0 Å². The fourth-order valence-corrected chi connectivity index (χ4v) is 2.03. The molecule has 0 bridgehead atoms. The summed E-state index contributed by atoms with van der Waals surface area (Å²) in [6.45, 7) is 2.11. The van der Waals surface area contributed by atoms with Crippen molar-refractivity contribution in [2.24, 2.45) is 0 Å². The van der Waals surface area contributed by atoms with Crippen LogP contribution in [0.5, 0.6) is 0 Å². The molecule has 2 aromatic heterocycles. The second-order valence-electron chi connectivity index (χ2n) is 4.54. The highest BCUT2D eigenvalue weighted by Gasteiger charge is 2.03. The Bertz CT molecular complexity index is 620. The number of aryl methyl sites for hydroxylation is 3. The smallest absolute Gasteiger partial charge is 0.177 e. The fourth-order valence-electron chi connectivity index (χ4n) is 2.03. The number of imidazole rings is 1. The first-order valence-corrected chi connectivity index (χ1v) is 6.16. The standard InChI is InChI=1S/C15H15N3/c1-11-4-6-12(7-5-11)8-9-14-17-13-3-2-10-16-15(13)18-14/h2-7,10H,8-9H2,1H3,(H,16,17,18). The molecule has 0 aliphatic heterocycles. The highest BCUT2D eigenvalue weighted by molar-refractivity contribution is 5.69. The predicted octanol–water partition coefficient (Wildman–Crippen LogP) is 3.05. The maximum Gasteiger partial charge on any atom is 0.177 e. The number of aromatic nitrogens is 3. The first-order valence-electron chi connectivity index (χ1n) is 6.16. The van der Waals surface area contributed by atoms with E-state index >= 15 is 0 Å². The van der Waals surface area contributed by atoms with E-state index in [4.69, 9.17) is 0 Å². The topological polar surface area (TPSA) is 41.6 Å². The molecule has 0 amide bonds. The molecule has 3 aromatic rings. The van der Waals surface area contributed by atoms with Crippen LogP contribution in [-0.2, 0) is 12.8 Å². The minimum atomic E-state index is 0.802. The minimum absolute atomic E-state index is 0.802. The highest BCUT2D eigenvalue weighted by Crippen LogP contribution is 2.10. The molecule has 0 aliphatic carbocycles. The summed E-state index contributed by atoms with van der Waals surface area (Å²) in [5, 5.41) is 0. The molecule has 0 aliphatic rings. The molecule has 0 saturated carbocycles. The lowest BCUT2D eigenvalue weighted by Crippen LogP contribution is -1.93. The Balaban J connectivity index is 1.74. The van der Waals surface area contributed by atoms with Crippen molar-refractivity contribution in [3.8, 4) is 0 Å². The van der Waals surface area contributed by atoms with Gasteiger partial charge < -0.3 is 4.98 Å². The van der Waals surface area contributed by atoms with E-state index in [1.54, 1.807) is 6.20 Å². The lowest BCUT2D eigenvalue weighted by Gasteiger charge is -1.99. The van der Waals surface area contributed by atoms with Crippen molar-refractivity contribution in [2.75, 3.05) is 0 Å². The summed E-state index contributed by atoms with van der Waals surface area (Å²) in [7, 11) is 0. The first kappa shape index (κ1) is 11.0. The molecule has 0 unspecified atom stereocenters. The Kier molecular flexibility index (Phi) is 2.81. The molecule has 1 N–H and O–H groups in total. The predicted molar refractivity (Wildman–Crippen MR) is 72.5 cm³/mol. The van der Waals surface area contributed by atoms with Gasteiger partial charge in [0, 0.05) is 12.6 Å². The van der Waals surface area contributed by atoms with E-state index < -0.39 is 0 Å². The molecule has 3 rings (SSSR count). The first-order chi connectivity index (χ1) is 8.81. The van der Waals surface area contributed by atoms with Crippen molar-refractivity contribution in [1.82, 2.24) is 15.0 Å². The summed E-state index contributed by atoms with van der Waals surface area (Å²) in [5.41, 5.74) is 4.45. The van der Waals surface area contributed by atoms with E-state index in [-0.39, 0.29) is 0 Å². The van der Waals surface area contributed by atoms with Gasteiger partial charge in [-0.05, 0) is 31.0 Å². The zero-order valence-electron chi connectivity index (χ0n) is 10.4. The van der Waals surface area contributed by atoms with Gasteiger partial charge in [-0.1, -0.05) is 29.8 Å². The van der Waals surface area contributed by atoms with Crippen LogP contribution in [0.4, 0.5) is 0 Å². The third-order valence-electron chi connectivity index (χ3n) is 3.08. The molecule has 90 valence electrons. The normalized spacial score (nSPS) is 10.9. The highest BCUT2D eigenvalue weighted by atomic mass is 15.0. The molecule has 0 spiro atoms. The lowest BCUT2D eigenvalue weighted by molar-refractivity contribution is 0.888. The molecular formula is C15H15N3. The van der Waals surface area contributed by atoms with Crippen LogP contribution in [0.15, 0.2) is 42.6 Å². The monoisotopic (exact) mass is 237 g/mol. The van der Waals surface area contributed by atoms with Gasteiger partial charge in [0.15, 0.2) is 5.65 Å². The number of nitrogens with one attached hydrogen (secondary N) is 1. The second-order valence-corrected chi connectivity index (χ2v) is 4.54. The van der Waals surface area contributed by atoms with E-state index in [0.717, 1.165) is 29.8 Å². The molecule has 0 radical (unpaired) electrons. The second kappa shape index (κ2) is 4.61. The quantitative estimate of drug-likeness (QED) is 0.760. The SMILES string of the molecule is Cc1ccc(CCc2nc3ncccc3[nH]2)cc1. The molecule has 0 saturated heterocycles. The van der Waals surface area contributed by atoms with Gasteiger partial charge in [0.1, 0.15) is 5.82 Å². The Morgan fingerprint density at radius 3 is 2.67 bits per heavy atom. The number of rotatable bonds is 3. The third kappa shape index (κ3) is 2.25. The number of fused-ring (bicyclic) bond motifs is 1. The van der Waals surface area contributed by atoms with Gasteiger partial charge in [-0.3, -0.25) is 0 Å². The number of pyridine rings is 1. The third-order valence-corrected chi connectivity index (χ3v) is 3.08. The summed E-state index contributed by atoms with van der Waals surface area (Å²) in [6, 6.07) is 12.6. The number of hydrogen-bond donors (Lipinski definition) is 1. The van der Waals surface area contributed by atoms with E-state index in [0.29, 0.717) is 0 Å². The van der Waals surface area contributed by atoms with Crippen molar-refractivity contribution in [1.29, 1.82) is 0 Å². The van der Waals surface area contributed by atoms with Crippen molar-refractivity contribution in [2.45, 2.75) is 19.8 Å². The summed E-state index contributed by atoms with van der Waals surface area (Å²) in [6.07, 6.45) is 3.69. The van der Waals surface area contributed by atoms with Crippen LogP contribution in [-0.4, -0.2) is 15.0 Å². The molecule has 0 fully saturated rings. The van der Waals surface area contributed by atoms with Gasteiger partial charge >= 0.3 is 0 Å². The van der Waals surface area contributed by atoms with Crippen LogP contribution in [0, 0.1) is 6.92 Å². The molecular weight excluding hydrogens is 222 g/mol. The van der Waals surface area contributed by atoms with Crippen LogP contribution in [0.3, 0.4) is 0 Å². The van der Waals surface area contributed by atoms with Crippen molar-refractivity contribution >= 4 is 11.2 Å². The Morgan fingerprint density at radius 2 is 1.89 bits per heavy atom. The van der Waals surface area contributed by atoms with E-state index in [2.05, 4.69) is 46.1 Å². The van der Waals surface area contributed by atoms with Gasteiger partial charge in [-0.15, -0.1) is 0 Å². The van der Waals surface area contributed by atoms with Crippen molar-refractivity contribution < 1.29 is 0 Å². The zero-order chi connectivity index (χ0) is 12.4. The van der Waals surface area contributed by atoms with E-state index in [1.165, 1.54) is 11.1 Å². The van der Waals surface area contributed by atoms with Gasteiger partial charge in [-0.25, -0.2) is 9.97 Å². The maximum absolute atomic E-state index is 4.48. The number of hydrogen-bond acceptors (Lipinski definition) is 2. The largest absolute Gasteiger partial charge is 0.341 e. The Labute approximate surface area is 106 Å². The van der Waals surface area contributed by atoms with Crippen LogP contribution < -0.4 is 0 Å². The molecule has 2 heterocycles. The van der Waals surface area contributed by atoms with Gasteiger partial charge in [0.25, 0.3) is 0 Å². The molecule has 3 nitrogen and oxygen atoms in total. The van der Waals surface area contributed by atoms with Crippen LogP contribution in [0.25, 0.3) is 11.2 Å². The van der Waals surface area contributed by atoms with Crippen LogP contribution in [0.2, 0.25) is 0 Å². The molecule has 3 heteroatoms. The number of nitrogens with zero attached hydrogens (tertiary/aromatic N) is 2. The average Bonchev–Trinajstić information content (AvgIpc) is 2.81. The summed E-state index contributed by atoms with van der Waals surface area (Å²) in [4.78, 5) is 12.0. The van der Waals surface area contributed by atoms with E-state index in [1.807, 2.05) is 12.1 Å². The van der Waals surface area contributed by atoms with Gasteiger partial charge in [0.2, 0.25) is 0 Å². The lowest BCUT2D eigenvalue weighted by atomic mass is 10.1. The van der Waals surface area contributed by atoms with E-state index in [9.17, 15) is 0 Å².